The quantitative estimate of drug-likeness (QED) is 0.626. The van der Waals surface area contributed by atoms with Crippen LogP contribution in [0.2, 0.25) is 0 Å². The third-order valence-corrected chi connectivity index (χ3v) is 4.93. The molecule has 2 aliphatic carbocycles. The largest absolute Gasteiger partial charge is 0.490 e. The highest BCUT2D eigenvalue weighted by atomic mass is 16.5. The van der Waals surface area contributed by atoms with E-state index in [9.17, 15) is 9.59 Å². The minimum atomic E-state index is -0.190. The zero-order chi connectivity index (χ0) is 21.4. The van der Waals surface area contributed by atoms with E-state index >= 15 is 0 Å². The molecule has 0 heterocycles. The Balaban J connectivity index is 1.95. The van der Waals surface area contributed by atoms with Gasteiger partial charge in [-0.3, -0.25) is 9.59 Å². The molecular formula is C26H24O4. The van der Waals surface area contributed by atoms with E-state index in [1.54, 1.807) is 24.3 Å². The van der Waals surface area contributed by atoms with Gasteiger partial charge in [-0.15, -0.1) is 0 Å². The summed E-state index contributed by atoms with van der Waals surface area (Å²) in [6.45, 7) is 7.73. The molecule has 0 bridgehead atoms. The number of benzene rings is 2. The van der Waals surface area contributed by atoms with Crippen molar-refractivity contribution in [3.05, 3.63) is 94.1 Å². The van der Waals surface area contributed by atoms with Gasteiger partial charge in [-0.2, -0.15) is 0 Å². The van der Waals surface area contributed by atoms with Crippen LogP contribution in [0.3, 0.4) is 0 Å². The van der Waals surface area contributed by atoms with Crippen LogP contribution in [0, 0.1) is 0 Å². The van der Waals surface area contributed by atoms with Crippen LogP contribution in [-0.2, 0) is 9.47 Å². The molecular weight excluding hydrogens is 376 g/mol. The third kappa shape index (κ3) is 3.50. The minimum absolute atomic E-state index is 0.0677. The molecule has 2 aromatic rings. The summed E-state index contributed by atoms with van der Waals surface area (Å²) < 4.78 is 12.0. The van der Waals surface area contributed by atoms with Gasteiger partial charge >= 0.3 is 0 Å². The first-order valence-corrected chi connectivity index (χ1v) is 10.2. The van der Waals surface area contributed by atoms with Crippen molar-refractivity contribution in [2.75, 3.05) is 0 Å². The lowest BCUT2D eigenvalue weighted by molar-refractivity contribution is 0.1000. The van der Waals surface area contributed by atoms with Crippen LogP contribution in [0.1, 0.15) is 59.5 Å². The van der Waals surface area contributed by atoms with Gasteiger partial charge in [0.1, 0.15) is 11.5 Å². The van der Waals surface area contributed by atoms with Gasteiger partial charge in [0.05, 0.1) is 12.2 Å². The van der Waals surface area contributed by atoms with Crippen molar-refractivity contribution in [3.63, 3.8) is 0 Å². The lowest BCUT2D eigenvalue weighted by Gasteiger charge is -2.25. The Labute approximate surface area is 176 Å². The lowest BCUT2D eigenvalue weighted by Crippen LogP contribution is -2.21. The number of carbonyl (C=O) groups excluding carboxylic acids is 2. The number of hydrogen-bond acceptors (Lipinski definition) is 4. The van der Waals surface area contributed by atoms with Crippen LogP contribution in [0.4, 0.5) is 0 Å². The molecule has 0 aliphatic heterocycles. The van der Waals surface area contributed by atoms with Gasteiger partial charge in [-0.05, 0) is 39.8 Å². The van der Waals surface area contributed by atoms with Crippen LogP contribution in [-0.4, -0.2) is 23.8 Å². The first-order valence-electron chi connectivity index (χ1n) is 10.2. The number of allylic oxidation sites excluding steroid dienone is 4. The van der Waals surface area contributed by atoms with Crippen LogP contribution in [0.5, 0.6) is 0 Å². The second kappa shape index (κ2) is 7.79. The second-order valence-electron chi connectivity index (χ2n) is 7.93. The Kier molecular flexibility index (Phi) is 5.17. The molecule has 2 aliphatic rings. The maximum atomic E-state index is 13.4. The van der Waals surface area contributed by atoms with Gasteiger partial charge in [0.25, 0.3) is 0 Å². The molecule has 152 valence electrons. The SMILES string of the molecule is CC(C)OC1=CC(=C2C=C(OC(C)C)c3ccccc3C2=O)C(=O)c2ccccc21. The molecule has 0 fully saturated rings. The number of rotatable bonds is 4. The number of ether oxygens (including phenoxy) is 2. The molecule has 0 N–H and O–H groups in total. The fourth-order valence-corrected chi connectivity index (χ4v) is 3.73. The minimum Gasteiger partial charge on any atom is -0.490 e. The molecule has 0 aromatic heterocycles. The summed E-state index contributed by atoms with van der Waals surface area (Å²) in [5, 5.41) is 0. The van der Waals surface area contributed by atoms with E-state index in [1.807, 2.05) is 64.1 Å². The highest BCUT2D eigenvalue weighted by Crippen LogP contribution is 2.37. The van der Waals surface area contributed by atoms with Gasteiger partial charge in [0.2, 0.25) is 0 Å². The van der Waals surface area contributed by atoms with E-state index in [-0.39, 0.29) is 23.8 Å². The number of fused-ring (bicyclic) bond motifs is 2. The summed E-state index contributed by atoms with van der Waals surface area (Å²) in [4.78, 5) is 26.7. The smallest absolute Gasteiger partial charge is 0.194 e. The summed E-state index contributed by atoms with van der Waals surface area (Å²) in [7, 11) is 0. The summed E-state index contributed by atoms with van der Waals surface area (Å²) in [6.07, 6.45) is 3.24. The second-order valence-corrected chi connectivity index (χ2v) is 7.93. The average Bonchev–Trinajstić information content (AvgIpc) is 2.72. The topological polar surface area (TPSA) is 52.6 Å². The van der Waals surface area contributed by atoms with E-state index in [4.69, 9.17) is 9.47 Å². The zero-order valence-corrected chi connectivity index (χ0v) is 17.6. The molecule has 4 rings (SSSR count). The Bertz CT molecular complexity index is 1040. The van der Waals surface area contributed by atoms with Crippen LogP contribution in [0.25, 0.3) is 11.5 Å². The lowest BCUT2D eigenvalue weighted by atomic mass is 9.83. The van der Waals surface area contributed by atoms with E-state index in [2.05, 4.69) is 0 Å². The standard InChI is InChI=1S/C26H24O4/c1-15(2)29-23-13-21(25(27)19-11-7-5-9-17(19)23)22-14-24(30-16(3)4)18-10-6-8-12-20(18)26(22)28/h5-16H,1-4H3. The van der Waals surface area contributed by atoms with Crippen molar-refractivity contribution in [2.24, 2.45) is 0 Å². The zero-order valence-electron chi connectivity index (χ0n) is 17.6. The number of hydrogen-bond donors (Lipinski definition) is 0. The average molecular weight is 400 g/mol. The van der Waals surface area contributed by atoms with Crippen molar-refractivity contribution >= 4 is 23.1 Å². The monoisotopic (exact) mass is 400 g/mol. The van der Waals surface area contributed by atoms with Crippen molar-refractivity contribution in [1.82, 2.24) is 0 Å². The van der Waals surface area contributed by atoms with E-state index < -0.39 is 0 Å². The Morgan fingerprint density at radius 3 is 1.23 bits per heavy atom. The Morgan fingerprint density at radius 1 is 0.567 bits per heavy atom. The summed E-state index contributed by atoms with van der Waals surface area (Å²) in [6, 6.07) is 14.7. The maximum Gasteiger partial charge on any atom is 0.194 e. The Morgan fingerprint density at radius 2 is 0.900 bits per heavy atom. The fourth-order valence-electron chi connectivity index (χ4n) is 3.73. The van der Waals surface area contributed by atoms with Crippen molar-refractivity contribution in [3.8, 4) is 0 Å². The highest BCUT2D eigenvalue weighted by molar-refractivity contribution is 6.25. The third-order valence-electron chi connectivity index (χ3n) is 4.93. The van der Waals surface area contributed by atoms with Gasteiger partial charge in [0, 0.05) is 33.4 Å². The molecule has 0 amide bonds. The molecule has 2 aromatic carbocycles. The normalized spacial score (nSPS) is 18.1. The summed E-state index contributed by atoms with van der Waals surface area (Å²) >= 11 is 0. The fraction of sp³-hybridized carbons (Fsp3) is 0.231. The van der Waals surface area contributed by atoms with E-state index in [1.165, 1.54) is 0 Å². The molecule has 4 nitrogen and oxygen atoms in total. The highest BCUT2D eigenvalue weighted by Gasteiger charge is 2.32. The van der Waals surface area contributed by atoms with Gasteiger partial charge in [-0.25, -0.2) is 0 Å². The predicted molar refractivity (Wildman–Crippen MR) is 117 cm³/mol. The van der Waals surface area contributed by atoms with Crippen LogP contribution in [0.15, 0.2) is 71.8 Å². The number of ketones is 2. The van der Waals surface area contributed by atoms with Gasteiger partial charge in [0.15, 0.2) is 11.6 Å². The first-order chi connectivity index (χ1) is 14.4. The van der Waals surface area contributed by atoms with E-state index in [0.717, 1.165) is 11.1 Å². The maximum absolute atomic E-state index is 13.4. The molecule has 30 heavy (non-hydrogen) atoms. The number of Topliss-reactive ketones (excluding diaryl/α,β-unsaturated/α-hetero) is 2. The first kappa shape index (κ1) is 19.9. The van der Waals surface area contributed by atoms with Crippen molar-refractivity contribution in [2.45, 2.75) is 39.9 Å². The molecule has 0 unspecified atom stereocenters. The molecule has 0 saturated carbocycles. The van der Waals surface area contributed by atoms with Crippen LogP contribution >= 0.6 is 0 Å². The van der Waals surface area contributed by atoms with Crippen molar-refractivity contribution in [1.29, 1.82) is 0 Å². The van der Waals surface area contributed by atoms with E-state index in [0.29, 0.717) is 33.8 Å². The van der Waals surface area contributed by atoms with Gasteiger partial charge < -0.3 is 9.47 Å². The predicted octanol–water partition coefficient (Wildman–Crippen LogP) is 5.61. The molecule has 0 radical (unpaired) electrons. The summed E-state index contributed by atoms with van der Waals surface area (Å²) in [5.41, 5.74) is 3.20. The Hall–Kier alpha value is -3.40. The van der Waals surface area contributed by atoms with Crippen LogP contribution < -0.4 is 0 Å². The molecule has 0 spiro atoms. The van der Waals surface area contributed by atoms with Gasteiger partial charge in [-0.1, -0.05) is 48.5 Å². The van der Waals surface area contributed by atoms with Crippen molar-refractivity contribution < 1.29 is 19.1 Å². The number of carbonyl (C=O) groups is 2. The molecule has 0 saturated heterocycles. The molecule has 4 heteroatoms. The summed E-state index contributed by atoms with van der Waals surface area (Å²) in [5.74, 6) is 0.803. The molecule has 0 atom stereocenters.